The van der Waals surface area contributed by atoms with Crippen molar-refractivity contribution in [3.63, 3.8) is 0 Å². The summed E-state index contributed by atoms with van der Waals surface area (Å²) in [6, 6.07) is 27.9. The van der Waals surface area contributed by atoms with E-state index in [1.807, 2.05) is 24.3 Å². The van der Waals surface area contributed by atoms with Crippen molar-refractivity contribution in [2.75, 3.05) is 0 Å². The molecular weight excluding hydrogens is 402 g/mol. The molecule has 160 valence electrons. The zero-order chi connectivity index (χ0) is 21.7. The summed E-state index contributed by atoms with van der Waals surface area (Å²) in [7, 11) is 0. The van der Waals surface area contributed by atoms with Crippen LogP contribution >= 0.6 is 11.8 Å². The van der Waals surface area contributed by atoms with Crippen LogP contribution in [0.2, 0.25) is 0 Å². The summed E-state index contributed by atoms with van der Waals surface area (Å²) >= 11 is 1.75. The topological polar surface area (TPSA) is 38.7 Å². The van der Waals surface area contributed by atoms with Crippen LogP contribution in [-0.4, -0.2) is 11.7 Å². The summed E-state index contributed by atoms with van der Waals surface area (Å²) in [5, 5.41) is 4.25. The summed E-state index contributed by atoms with van der Waals surface area (Å²) in [6.07, 6.45) is 6.14. The van der Waals surface area contributed by atoms with E-state index < -0.39 is 5.97 Å². The number of nitrogens with zero attached hydrogens (tertiary/aromatic N) is 1. The number of oxime groups is 1. The highest BCUT2D eigenvalue weighted by Gasteiger charge is 2.09. The molecule has 0 fully saturated rings. The lowest BCUT2D eigenvalue weighted by Gasteiger charge is -2.08. The van der Waals surface area contributed by atoms with Crippen molar-refractivity contribution < 1.29 is 9.63 Å². The van der Waals surface area contributed by atoms with Gasteiger partial charge in [0.25, 0.3) is 0 Å². The number of hydrogen-bond acceptors (Lipinski definition) is 4. The molecule has 0 saturated heterocycles. The molecule has 0 radical (unpaired) electrons. The number of rotatable bonds is 11. The van der Waals surface area contributed by atoms with Gasteiger partial charge in [-0.15, -0.1) is 0 Å². The molecule has 0 aliphatic carbocycles. The van der Waals surface area contributed by atoms with Crippen LogP contribution in [0.3, 0.4) is 0 Å². The summed E-state index contributed by atoms with van der Waals surface area (Å²) in [6.45, 7) is 2.20. The first-order chi connectivity index (χ1) is 15.2. The summed E-state index contributed by atoms with van der Waals surface area (Å²) in [4.78, 5) is 20.0. The second-order valence-electron chi connectivity index (χ2n) is 7.45. The third-order valence-electron chi connectivity index (χ3n) is 4.90. The van der Waals surface area contributed by atoms with Crippen molar-refractivity contribution in [2.45, 2.75) is 55.2 Å². The lowest BCUT2D eigenvalue weighted by Crippen LogP contribution is -2.08. The van der Waals surface area contributed by atoms with Crippen molar-refractivity contribution in [3.8, 4) is 0 Å². The Morgan fingerprint density at radius 2 is 1.45 bits per heavy atom. The molecule has 0 bridgehead atoms. The number of carbonyl (C=O) groups excluding carboxylic acids is 1. The molecule has 3 aromatic rings. The van der Waals surface area contributed by atoms with Gasteiger partial charge in [0, 0.05) is 16.2 Å². The molecule has 31 heavy (non-hydrogen) atoms. The van der Waals surface area contributed by atoms with Gasteiger partial charge >= 0.3 is 5.97 Å². The molecule has 0 atom stereocenters. The minimum Gasteiger partial charge on any atom is -0.313 e. The Hall–Kier alpha value is -2.85. The highest BCUT2D eigenvalue weighted by Crippen LogP contribution is 2.27. The molecular formula is C27H29NO2S. The molecule has 0 saturated carbocycles. The minimum atomic E-state index is -0.415. The zero-order valence-electron chi connectivity index (χ0n) is 18.0. The van der Waals surface area contributed by atoms with Crippen molar-refractivity contribution >= 4 is 23.4 Å². The van der Waals surface area contributed by atoms with Gasteiger partial charge in [0.1, 0.15) is 0 Å². The van der Waals surface area contributed by atoms with E-state index in [4.69, 9.17) is 4.84 Å². The molecule has 0 heterocycles. The van der Waals surface area contributed by atoms with Gasteiger partial charge in [0.15, 0.2) is 0 Å². The molecule has 3 rings (SSSR count). The third kappa shape index (κ3) is 8.06. The SMILES string of the molecule is CCCCCCC(Cc1ccc(Sc2ccccc2)cc1)=NOC(=O)c1ccccc1. The Bertz CT molecular complexity index is 954. The maximum atomic E-state index is 12.3. The van der Waals surface area contributed by atoms with E-state index in [1.54, 1.807) is 23.9 Å². The molecule has 3 aromatic carbocycles. The molecule has 0 aromatic heterocycles. The van der Waals surface area contributed by atoms with Crippen LogP contribution in [0, 0.1) is 0 Å². The smallest absolute Gasteiger partial charge is 0.313 e. The predicted molar refractivity (Wildman–Crippen MR) is 129 cm³/mol. The lowest BCUT2D eigenvalue weighted by molar-refractivity contribution is 0.0514. The Labute approximate surface area is 189 Å². The van der Waals surface area contributed by atoms with E-state index in [9.17, 15) is 4.79 Å². The first-order valence-corrected chi connectivity index (χ1v) is 11.7. The first kappa shape index (κ1) is 22.8. The molecule has 0 N–H and O–H groups in total. The molecule has 0 aliphatic rings. The summed E-state index contributed by atoms with van der Waals surface area (Å²) < 4.78 is 0. The van der Waals surface area contributed by atoms with E-state index in [2.05, 4.69) is 60.6 Å². The number of carbonyl (C=O) groups is 1. The molecule has 0 spiro atoms. The Balaban J connectivity index is 1.63. The van der Waals surface area contributed by atoms with E-state index >= 15 is 0 Å². The van der Waals surface area contributed by atoms with Crippen LogP contribution in [0.4, 0.5) is 0 Å². The maximum Gasteiger partial charge on any atom is 0.365 e. The molecule has 0 unspecified atom stereocenters. The van der Waals surface area contributed by atoms with Crippen LogP contribution in [-0.2, 0) is 11.3 Å². The summed E-state index contributed by atoms with van der Waals surface area (Å²) in [5.41, 5.74) is 2.59. The Morgan fingerprint density at radius 1 is 0.806 bits per heavy atom. The third-order valence-corrected chi connectivity index (χ3v) is 5.91. The van der Waals surface area contributed by atoms with Crippen LogP contribution in [0.15, 0.2) is 99.9 Å². The van der Waals surface area contributed by atoms with Gasteiger partial charge in [-0.2, -0.15) is 0 Å². The van der Waals surface area contributed by atoms with Crippen LogP contribution in [0.25, 0.3) is 0 Å². The second kappa shape index (κ2) is 12.8. The molecule has 4 heteroatoms. The fourth-order valence-corrected chi connectivity index (χ4v) is 4.03. The van der Waals surface area contributed by atoms with Crippen molar-refractivity contribution in [3.05, 3.63) is 96.1 Å². The van der Waals surface area contributed by atoms with E-state index in [0.29, 0.717) is 12.0 Å². The quantitative estimate of drug-likeness (QED) is 0.136. The van der Waals surface area contributed by atoms with Gasteiger partial charge in [0.05, 0.1) is 11.3 Å². The van der Waals surface area contributed by atoms with Crippen molar-refractivity contribution in [2.24, 2.45) is 5.16 Å². The molecule has 0 aliphatic heterocycles. The van der Waals surface area contributed by atoms with Gasteiger partial charge in [0.2, 0.25) is 0 Å². The average molecular weight is 432 g/mol. The fraction of sp³-hybridized carbons (Fsp3) is 0.259. The Morgan fingerprint density at radius 3 is 2.13 bits per heavy atom. The highest BCUT2D eigenvalue weighted by molar-refractivity contribution is 7.99. The first-order valence-electron chi connectivity index (χ1n) is 10.9. The number of hydrogen-bond donors (Lipinski definition) is 0. The molecule has 3 nitrogen and oxygen atoms in total. The lowest BCUT2D eigenvalue weighted by atomic mass is 10.0. The molecule has 0 amide bonds. The van der Waals surface area contributed by atoms with Crippen LogP contribution in [0.1, 0.15) is 54.9 Å². The van der Waals surface area contributed by atoms with Gasteiger partial charge in [-0.25, -0.2) is 4.79 Å². The highest BCUT2D eigenvalue weighted by atomic mass is 32.2. The monoisotopic (exact) mass is 431 g/mol. The zero-order valence-corrected chi connectivity index (χ0v) is 18.8. The average Bonchev–Trinajstić information content (AvgIpc) is 2.82. The van der Waals surface area contributed by atoms with Gasteiger partial charge in [-0.3, -0.25) is 0 Å². The van der Waals surface area contributed by atoms with Gasteiger partial charge < -0.3 is 4.84 Å². The van der Waals surface area contributed by atoms with E-state index in [-0.39, 0.29) is 0 Å². The van der Waals surface area contributed by atoms with Gasteiger partial charge in [-0.05, 0) is 54.8 Å². The van der Waals surface area contributed by atoms with Crippen molar-refractivity contribution in [1.82, 2.24) is 0 Å². The van der Waals surface area contributed by atoms with Gasteiger partial charge in [-0.1, -0.05) is 91.6 Å². The predicted octanol–water partition coefficient (Wildman–Crippen LogP) is 7.56. The van der Waals surface area contributed by atoms with E-state index in [0.717, 1.165) is 25.0 Å². The summed E-state index contributed by atoms with van der Waals surface area (Å²) in [5.74, 6) is -0.415. The van der Waals surface area contributed by atoms with Crippen LogP contribution < -0.4 is 0 Å². The minimum absolute atomic E-state index is 0.415. The van der Waals surface area contributed by atoms with Crippen molar-refractivity contribution in [1.29, 1.82) is 0 Å². The fourth-order valence-electron chi connectivity index (χ4n) is 3.19. The standard InChI is InChI=1S/C27H29NO2S/c1-2-3-4-9-14-24(28-30-27(29)23-12-7-5-8-13-23)21-22-17-19-26(20-18-22)31-25-15-10-6-11-16-25/h5-8,10-13,15-20H,2-4,9,14,21H2,1H3. The number of unbranched alkanes of at least 4 members (excludes halogenated alkanes) is 3. The normalized spacial score (nSPS) is 11.3. The van der Waals surface area contributed by atoms with E-state index in [1.165, 1.54) is 28.2 Å². The van der Waals surface area contributed by atoms with Crippen LogP contribution in [0.5, 0.6) is 0 Å². The number of benzene rings is 3. The second-order valence-corrected chi connectivity index (χ2v) is 8.60. The maximum absolute atomic E-state index is 12.3. The Kier molecular flexibility index (Phi) is 9.39. The largest absolute Gasteiger partial charge is 0.365 e.